The smallest absolute Gasteiger partial charge is 0.331 e. The molecule has 0 saturated heterocycles. The second-order valence-electron chi connectivity index (χ2n) is 26.3. The third-order valence-electron chi connectivity index (χ3n) is 17.6. The van der Waals surface area contributed by atoms with Gasteiger partial charge in [0, 0.05) is 142 Å². The molecule has 5 aromatic carbocycles. The molecule has 598 valence electrons. The summed E-state index contributed by atoms with van der Waals surface area (Å²) in [6, 6.07) is 25.1. The molecule has 5 amide bonds. The molecule has 0 radical (unpaired) electrons. The highest BCUT2D eigenvalue weighted by atomic mass is 32.2. The molecule has 0 bridgehead atoms. The van der Waals surface area contributed by atoms with Crippen LogP contribution in [0.5, 0.6) is 5.75 Å². The van der Waals surface area contributed by atoms with Crippen LogP contribution in [0.15, 0.2) is 124 Å². The molecule has 1 unspecified atom stereocenters. The number of phenolic OH excluding ortho intramolecular Hbond substituents is 1. The molecule has 5 rings (SSSR count). The van der Waals surface area contributed by atoms with Gasteiger partial charge in [-0.15, -0.1) is 0 Å². The number of aliphatic hydroxyl groups excluding tert-OH is 1. The van der Waals surface area contributed by atoms with Crippen LogP contribution < -0.4 is 43.0 Å². The van der Waals surface area contributed by atoms with Crippen molar-refractivity contribution in [3.8, 4) is 5.75 Å². The van der Waals surface area contributed by atoms with Crippen LogP contribution in [-0.2, 0) is 82.9 Å². The molecule has 0 fully saturated rings. The molecule has 110 heavy (non-hydrogen) atoms. The maximum absolute atomic E-state index is 14.2. The third kappa shape index (κ3) is 32.5. The zero-order chi connectivity index (χ0) is 80.9. The standard InChI is InChI=1S/C75H99N10O22PS2/c1-4-106-108(102,107-37-36-79-69(93)31-29-57(87)11-9-35-78-62-14-7-13-61-60(62)12-8-15-68(61)110(103,104)105)38-39-109-47-53(44-65(90)49-18-21-54(22-19-49)83-84-55-23-25-56(26-24-55)85(2)3)73(99)80-45-59(89)41-51(20-32-70(94)95)74(100)82-64(46-86)67(92)43-52(40-48-16-27-58(88)28-17-48)75(101)81-63(30-33-71(96)97)66(91)42-50(72(77)98)10-5-6-34-76/h7-8,12-19,21-28,50-53,63-64,78,86,88H,4-6,9-11,20,29-47,76H2,1-3H3,(H2,77,98)(H,79,93)(H,80,99)(H,81,101)(H,82,100)(H,94,95)(H,96,97)(H,103,104,105)/t50-,51-,52-,53+,63+,64+,108?/m1/s1. The minimum Gasteiger partial charge on any atom is -0.508 e. The molecule has 0 saturated carbocycles. The predicted octanol–water partition coefficient (Wildman–Crippen LogP) is 7.19. The normalized spacial score (nSPS) is 13.7. The first kappa shape index (κ1) is 90.9. The van der Waals surface area contributed by atoms with Gasteiger partial charge in [-0.1, -0.05) is 42.8 Å². The van der Waals surface area contributed by atoms with Gasteiger partial charge in [-0.3, -0.25) is 66.7 Å². The largest absolute Gasteiger partial charge is 0.508 e. The molecule has 0 heterocycles. The van der Waals surface area contributed by atoms with Crippen molar-refractivity contribution >= 4 is 133 Å². The number of aliphatic hydroxyl groups is 1. The molecular weight excluding hydrogens is 1490 g/mol. The SMILES string of the molecule is CCOP(=O)(CCSC[C@H](CC(=O)c1ccc(N=Nc2ccc(N(C)C)cc2)cc1)C(=O)NCC(=O)C[C@@H](CCC(=O)O)C(=O)N[C@@H](CO)C(=O)C[C@@H](Cc1ccc(O)cc1)C(=O)N[C@@H](CCC(=O)O)C(=O)C[C@@H](CCCCN)C(N)=O)OCCNC(=O)CCC(=O)CCCNc1cccc2c(S(=O)(=O)O)cccc12. The number of azo groups is 1. The van der Waals surface area contributed by atoms with Crippen LogP contribution in [0.1, 0.15) is 119 Å². The number of phenols is 1. The van der Waals surface area contributed by atoms with E-state index >= 15 is 0 Å². The molecular formula is C75H99N10O22PS2. The van der Waals surface area contributed by atoms with Crippen molar-refractivity contribution in [2.45, 2.75) is 127 Å². The molecule has 32 nitrogen and oxygen atoms in total. The van der Waals surface area contributed by atoms with E-state index < -0.39 is 183 Å². The molecule has 7 atom stereocenters. The van der Waals surface area contributed by atoms with Crippen molar-refractivity contribution in [2.24, 2.45) is 45.4 Å². The van der Waals surface area contributed by atoms with Gasteiger partial charge in [0.15, 0.2) is 23.1 Å². The van der Waals surface area contributed by atoms with Gasteiger partial charge in [-0.2, -0.15) is 30.4 Å². The fourth-order valence-corrected chi connectivity index (χ4v) is 15.4. The van der Waals surface area contributed by atoms with Gasteiger partial charge in [0.05, 0.1) is 55.9 Å². The predicted molar refractivity (Wildman–Crippen MR) is 411 cm³/mol. The lowest BCUT2D eigenvalue weighted by Gasteiger charge is -2.25. The first-order chi connectivity index (χ1) is 52.3. The number of amides is 5. The second-order valence-corrected chi connectivity index (χ2v) is 31.0. The number of benzene rings is 5. The number of carbonyl (C=O) groups is 12. The maximum Gasteiger partial charge on any atom is 0.331 e. The zero-order valence-corrected chi connectivity index (χ0v) is 64.2. The monoisotopic (exact) mass is 1590 g/mol. The summed E-state index contributed by atoms with van der Waals surface area (Å²) in [5, 5.41) is 62.3. The molecule has 0 aliphatic rings. The van der Waals surface area contributed by atoms with Gasteiger partial charge in [-0.25, -0.2) is 0 Å². The number of aromatic hydroxyl groups is 1. The van der Waals surface area contributed by atoms with E-state index in [-0.39, 0.29) is 91.5 Å². The van der Waals surface area contributed by atoms with E-state index in [0.717, 1.165) is 17.4 Å². The first-order valence-corrected chi connectivity index (χ1v) is 40.2. The van der Waals surface area contributed by atoms with E-state index in [1.807, 2.05) is 31.1 Å². The Bertz CT molecular complexity index is 4170. The quantitative estimate of drug-likeness (QED) is 0.00602. The zero-order valence-electron chi connectivity index (χ0n) is 61.7. The molecule has 0 aliphatic carbocycles. The fraction of sp³-hybridized carbons (Fsp3) is 0.467. The van der Waals surface area contributed by atoms with Crippen molar-refractivity contribution < 1.29 is 105 Å². The van der Waals surface area contributed by atoms with Gasteiger partial charge in [0.25, 0.3) is 10.1 Å². The summed E-state index contributed by atoms with van der Waals surface area (Å²) in [6.45, 7) is 0.0443. The van der Waals surface area contributed by atoms with E-state index in [0.29, 0.717) is 65.8 Å². The van der Waals surface area contributed by atoms with Gasteiger partial charge in [-0.05, 0) is 130 Å². The number of carboxylic acid groups (broad SMARTS) is 2. The van der Waals surface area contributed by atoms with Crippen LogP contribution in [0, 0.1) is 23.7 Å². The molecule has 0 spiro atoms. The molecule has 35 heteroatoms. The average Bonchev–Trinajstić information content (AvgIpc) is 0.789. The Morgan fingerprint density at radius 1 is 0.627 bits per heavy atom. The number of hydrogen-bond acceptors (Lipinski definition) is 25. The van der Waals surface area contributed by atoms with E-state index in [2.05, 4.69) is 36.8 Å². The van der Waals surface area contributed by atoms with Crippen LogP contribution in [0.4, 0.5) is 22.7 Å². The van der Waals surface area contributed by atoms with E-state index in [1.165, 1.54) is 48.5 Å². The van der Waals surface area contributed by atoms with Gasteiger partial charge in [0.2, 0.25) is 29.5 Å². The number of anilines is 2. The lowest BCUT2D eigenvalue weighted by atomic mass is 9.89. The lowest BCUT2D eigenvalue weighted by Crippen LogP contribution is -2.49. The number of nitrogens with zero attached hydrogens (tertiary/aromatic N) is 3. The van der Waals surface area contributed by atoms with E-state index in [1.54, 1.807) is 55.5 Å². The number of nitrogens with two attached hydrogens (primary N) is 2. The summed E-state index contributed by atoms with van der Waals surface area (Å²) < 4.78 is 58.6. The summed E-state index contributed by atoms with van der Waals surface area (Å²) in [5.41, 5.74) is 14.3. The Balaban J connectivity index is 1.22. The Morgan fingerprint density at radius 3 is 1.87 bits per heavy atom. The number of thioether (sulfide) groups is 1. The number of carboxylic acids is 2. The van der Waals surface area contributed by atoms with Crippen molar-refractivity contribution in [1.82, 2.24) is 21.3 Å². The minimum absolute atomic E-state index is 0.0326. The van der Waals surface area contributed by atoms with Crippen LogP contribution in [0.25, 0.3) is 10.8 Å². The highest BCUT2D eigenvalue weighted by Crippen LogP contribution is 2.48. The first-order valence-electron chi connectivity index (χ1n) is 35.9. The van der Waals surface area contributed by atoms with Crippen molar-refractivity contribution in [2.75, 3.05) is 88.0 Å². The van der Waals surface area contributed by atoms with Crippen molar-refractivity contribution in [1.29, 1.82) is 0 Å². The van der Waals surface area contributed by atoms with Crippen molar-refractivity contribution in [3.63, 3.8) is 0 Å². The Morgan fingerprint density at radius 2 is 1.25 bits per heavy atom. The number of ketones is 5. The van der Waals surface area contributed by atoms with Crippen molar-refractivity contribution in [3.05, 3.63) is 120 Å². The minimum atomic E-state index is -4.47. The molecule has 14 N–H and O–H groups in total. The number of carbonyl (C=O) groups excluding carboxylic acids is 10. The molecule has 0 aromatic heterocycles. The van der Waals surface area contributed by atoms with Gasteiger partial charge in [0.1, 0.15) is 22.5 Å². The Hall–Kier alpha value is -9.67. The second kappa shape index (κ2) is 46.7. The lowest BCUT2D eigenvalue weighted by molar-refractivity contribution is -0.139. The number of fused-ring (bicyclic) bond motifs is 1. The van der Waals surface area contributed by atoms with Crippen LogP contribution in [-0.4, -0.2) is 194 Å². The number of primary amides is 1. The summed E-state index contributed by atoms with van der Waals surface area (Å²) in [4.78, 5) is 161. The number of Topliss-reactive ketones (excluding diaryl/α,β-unsaturated/α-hetero) is 5. The summed E-state index contributed by atoms with van der Waals surface area (Å²) >= 11 is 1.10. The summed E-state index contributed by atoms with van der Waals surface area (Å²) in [7, 11) is -4.54. The van der Waals surface area contributed by atoms with E-state index in [9.17, 15) is 95.5 Å². The number of nitrogens with one attached hydrogen (secondary N) is 5. The highest BCUT2D eigenvalue weighted by molar-refractivity contribution is 7.99. The Kier molecular flexibility index (Phi) is 38.7. The third-order valence-corrected chi connectivity index (χ3v) is 21.9. The Labute approximate surface area is 642 Å². The maximum atomic E-state index is 14.2. The summed E-state index contributed by atoms with van der Waals surface area (Å²) in [5.74, 6) is -15.1. The number of hydrogen-bond donors (Lipinski definition) is 12. The fourth-order valence-electron chi connectivity index (χ4n) is 11.5. The van der Waals surface area contributed by atoms with Crippen LogP contribution in [0.2, 0.25) is 0 Å². The average molecular weight is 1590 g/mol. The highest BCUT2D eigenvalue weighted by Gasteiger charge is 2.35. The number of rotatable bonds is 55. The molecule has 5 aromatic rings. The topological polar surface area (TPSA) is 516 Å². The number of aliphatic carboxylic acids is 2. The van der Waals surface area contributed by atoms with E-state index in [4.69, 9.17) is 20.5 Å². The molecule has 0 aliphatic heterocycles. The number of unbranched alkanes of at least 4 members (excludes halogenated alkanes) is 1. The van der Waals surface area contributed by atoms with Crippen LogP contribution >= 0.6 is 19.4 Å². The van der Waals surface area contributed by atoms with Gasteiger partial charge >= 0.3 is 19.5 Å². The summed E-state index contributed by atoms with van der Waals surface area (Å²) in [6.07, 6.45) is -3.43. The van der Waals surface area contributed by atoms with Crippen LogP contribution in [0.3, 0.4) is 0 Å². The van der Waals surface area contributed by atoms with Gasteiger partial charge < -0.3 is 72.4 Å².